The van der Waals surface area contributed by atoms with Crippen molar-refractivity contribution < 1.29 is 9.47 Å². The molecule has 0 bridgehead atoms. The fourth-order valence-electron chi connectivity index (χ4n) is 2.24. The van der Waals surface area contributed by atoms with Gasteiger partial charge in [0.2, 0.25) is 0 Å². The van der Waals surface area contributed by atoms with Gasteiger partial charge in [0.15, 0.2) is 0 Å². The summed E-state index contributed by atoms with van der Waals surface area (Å²) >= 11 is 0. The van der Waals surface area contributed by atoms with Crippen molar-refractivity contribution in [2.45, 2.75) is 57.7 Å². The Hall–Kier alpha value is -0.120. The molecule has 0 aromatic carbocycles. The average molecular weight is 229 g/mol. The zero-order valence-corrected chi connectivity index (χ0v) is 11.4. The van der Waals surface area contributed by atoms with Crippen LogP contribution in [-0.4, -0.2) is 38.5 Å². The summed E-state index contributed by atoms with van der Waals surface area (Å²) < 4.78 is 10.7. The van der Waals surface area contributed by atoms with Gasteiger partial charge in [-0.3, -0.25) is 0 Å². The molecule has 0 aromatic heterocycles. The van der Waals surface area contributed by atoms with E-state index in [1.165, 1.54) is 12.8 Å². The Bertz CT molecular complexity index is 202. The molecule has 0 spiro atoms. The lowest BCUT2D eigenvalue weighted by molar-refractivity contribution is 0.00625. The van der Waals surface area contributed by atoms with Crippen molar-refractivity contribution in [1.29, 1.82) is 0 Å². The molecule has 0 aliphatic heterocycles. The highest BCUT2D eigenvalue weighted by Crippen LogP contribution is 2.33. The third-order valence-corrected chi connectivity index (χ3v) is 3.39. The zero-order valence-electron chi connectivity index (χ0n) is 11.4. The molecule has 1 N–H and O–H groups in total. The summed E-state index contributed by atoms with van der Waals surface area (Å²) in [6, 6.07) is 0.989. The molecule has 2 atom stereocenters. The van der Waals surface area contributed by atoms with Crippen molar-refractivity contribution in [3.05, 3.63) is 0 Å². The van der Waals surface area contributed by atoms with Crippen LogP contribution < -0.4 is 5.32 Å². The van der Waals surface area contributed by atoms with Crippen LogP contribution in [0.4, 0.5) is 0 Å². The topological polar surface area (TPSA) is 30.5 Å². The van der Waals surface area contributed by atoms with Crippen LogP contribution in [-0.2, 0) is 9.47 Å². The van der Waals surface area contributed by atoms with Crippen molar-refractivity contribution in [3.63, 3.8) is 0 Å². The van der Waals surface area contributed by atoms with E-state index in [2.05, 4.69) is 26.1 Å². The van der Waals surface area contributed by atoms with Gasteiger partial charge in [-0.25, -0.2) is 0 Å². The van der Waals surface area contributed by atoms with Gasteiger partial charge in [-0.1, -0.05) is 0 Å². The monoisotopic (exact) mass is 229 g/mol. The number of rotatable bonds is 8. The summed E-state index contributed by atoms with van der Waals surface area (Å²) in [6.45, 7) is 7.31. The first kappa shape index (κ1) is 13.9. The molecule has 0 aromatic rings. The zero-order chi connectivity index (χ0) is 12.2. The van der Waals surface area contributed by atoms with E-state index in [4.69, 9.17) is 9.47 Å². The second-order valence-electron chi connectivity index (χ2n) is 5.63. The van der Waals surface area contributed by atoms with Crippen LogP contribution in [0.15, 0.2) is 0 Å². The first-order chi connectivity index (χ1) is 7.48. The van der Waals surface area contributed by atoms with Crippen molar-refractivity contribution in [1.82, 2.24) is 5.32 Å². The Morgan fingerprint density at radius 2 is 1.94 bits per heavy atom. The number of ether oxygens (including phenoxy) is 2. The van der Waals surface area contributed by atoms with E-state index in [0.29, 0.717) is 12.1 Å². The number of methoxy groups -OCH3 is 2. The molecule has 0 heterocycles. The van der Waals surface area contributed by atoms with Crippen LogP contribution in [0.5, 0.6) is 0 Å². The van der Waals surface area contributed by atoms with Gasteiger partial charge in [0.05, 0.1) is 12.2 Å². The van der Waals surface area contributed by atoms with Crippen LogP contribution in [0, 0.1) is 5.92 Å². The maximum absolute atomic E-state index is 5.45. The Morgan fingerprint density at radius 1 is 1.31 bits per heavy atom. The van der Waals surface area contributed by atoms with Crippen molar-refractivity contribution in [3.8, 4) is 0 Å². The predicted octanol–water partition coefficient (Wildman–Crippen LogP) is 2.20. The summed E-state index contributed by atoms with van der Waals surface area (Å²) in [6.07, 6.45) is 3.72. The molecule has 16 heavy (non-hydrogen) atoms. The molecule has 3 heteroatoms. The molecule has 96 valence electrons. The largest absolute Gasteiger partial charge is 0.383 e. The summed E-state index contributed by atoms with van der Waals surface area (Å²) in [5.74, 6) is 0.827. The van der Waals surface area contributed by atoms with Gasteiger partial charge in [0, 0.05) is 26.3 Å². The molecule has 1 saturated carbocycles. The molecule has 0 amide bonds. The summed E-state index contributed by atoms with van der Waals surface area (Å²) in [7, 11) is 3.56. The van der Waals surface area contributed by atoms with Crippen molar-refractivity contribution in [2.24, 2.45) is 5.92 Å². The van der Waals surface area contributed by atoms with Gasteiger partial charge >= 0.3 is 0 Å². The van der Waals surface area contributed by atoms with E-state index < -0.39 is 0 Å². The molecular weight excluding hydrogens is 202 g/mol. The lowest BCUT2D eigenvalue weighted by atomic mass is 9.99. The fourth-order valence-corrected chi connectivity index (χ4v) is 2.24. The first-order valence-corrected chi connectivity index (χ1v) is 6.28. The minimum atomic E-state index is -0.0480. The van der Waals surface area contributed by atoms with E-state index in [1.54, 1.807) is 14.2 Å². The lowest BCUT2D eigenvalue weighted by Gasteiger charge is -2.30. The highest BCUT2D eigenvalue weighted by molar-refractivity contribution is 4.89. The minimum Gasteiger partial charge on any atom is -0.383 e. The van der Waals surface area contributed by atoms with E-state index in [-0.39, 0.29) is 5.60 Å². The standard InChI is InChI=1S/C13H27NO2/c1-10(8-13(2,3)16-5)14-12(9-15-4)11-6-7-11/h10-12,14H,6-9H2,1-5H3. The SMILES string of the molecule is COCC(NC(C)CC(C)(C)OC)C1CC1. The van der Waals surface area contributed by atoms with E-state index in [9.17, 15) is 0 Å². The molecule has 1 aliphatic rings. The predicted molar refractivity (Wildman–Crippen MR) is 66.7 cm³/mol. The molecule has 3 nitrogen and oxygen atoms in total. The number of hydrogen-bond acceptors (Lipinski definition) is 3. The van der Waals surface area contributed by atoms with Gasteiger partial charge in [-0.05, 0) is 46.0 Å². The molecule has 0 saturated heterocycles. The van der Waals surface area contributed by atoms with Crippen LogP contribution in [0.2, 0.25) is 0 Å². The smallest absolute Gasteiger partial charge is 0.0637 e. The Morgan fingerprint density at radius 3 is 2.38 bits per heavy atom. The first-order valence-electron chi connectivity index (χ1n) is 6.28. The van der Waals surface area contributed by atoms with Gasteiger partial charge in [0.1, 0.15) is 0 Å². The Labute approximate surface area is 99.9 Å². The summed E-state index contributed by atoms with van der Waals surface area (Å²) in [5.41, 5.74) is -0.0480. The van der Waals surface area contributed by atoms with Gasteiger partial charge in [0.25, 0.3) is 0 Å². The quantitative estimate of drug-likeness (QED) is 0.692. The molecule has 0 radical (unpaired) electrons. The maximum atomic E-state index is 5.45. The Kier molecular flexibility index (Phi) is 5.22. The van der Waals surface area contributed by atoms with Crippen molar-refractivity contribution >= 4 is 0 Å². The highest BCUT2D eigenvalue weighted by atomic mass is 16.5. The lowest BCUT2D eigenvalue weighted by Crippen LogP contribution is -2.44. The normalized spacial score (nSPS) is 20.8. The highest BCUT2D eigenvalue weighted by Gasteiger charge is 2.32. The van der Waals surface area contributed by atoms with E-state index in [0.717, 1.165) is 18.9 Å². The molecule has 1 aliphatic carbocycles. The molecular formula is C13H27NO2. The molecule has 1 fully saturated rings. The van der Waals surface area contributed by atoms with E-state index in [1.807, 2.05) is 0 Å². The molecule has 2 unspecified atom stereocenters. The van der Waals surface area contributed by atoms with Crippen LogP contribution in [0.3, 0.4) is 0 Å². The van der Waals surface area contributed by atoms with Crippen LogP contribution >= 0.6 is 0 Å². The van der Waals surface area contributed by atoms with Crippen molar-refractivity contribution in [2.75, 3.05) is 20.8 Å². The second kappa shape index (κ2) is 5.99. The second-order valence-corrected chi connectivity index (χ2v) is 5.63. The van der Waals surface area contributed by atoms with Gasteiger partial charge in [-0.2, -0.15) is 0 Å². The van der Waals surface area contributed by atoms with Gasteiger partial charge in [-0.15, -0.1) is 0 Å². The van der Waals surface area contributed by atoms with E-state index >= 15 is 0 Å². The Balaban J connectivity index is 2.33. The van der Waals surface area contributed by atoms with Crippen LogP contribution in [0.1, 0.15) is 40.0 Å². The van der Waals surface area contributed by atoms with Gasteiger partial charge < -0.3 is 14.8 Å². The summed E-state index contributed by atoms with van der Waals surface area (Å²) in [4.78, 5) is 0. The maximum Gasteiger partial charge on any atom is 0.0637 e. The number of nitrogens with one attached hydrogen (secondary N) is 1. The molecule has 1 rings (SSSR count). The summed E-state index contributed by atoms with van der Waals surface area (Å²) in [5, 5.41) is 3.67. The fraction of sp³-hybridized carbons (Fsp3) is 1.00. The third kappa shape index (κ3) is 4.81. The third-order valence-electron chi connectivity index (χ3n) is 3.39. The minimum absolute atomic E-state index is 0.0480. The number of hydrogen-bond donors (Lipinski definition) is 1. The average Bonchev–Trinajstić information content (AvgIpc) is 2.99. The van der Waals surface area contributed by atoms with Crippen LogP contribution in [0.25, 0.3) is 0 Å².